The number of ether oxygens (including phenoxy) is 2. The number of benzene rings is 3. The van der Waals surface area contributed by atoms with Crippen molar-refractivity contribution in [2.45, 2.75) is 24.4 Å². The van der Waals surface area contributed by atoms with Gasteiger partial charge < -0.3 is 9.47 Å². The van der Waals surface area contributed by atoms with Gasteiger partial charge in [-0.15, -0.1) is 10.2 Å². The normalized spacial score (nSPS) is 11.4. The number of thioether (sulfide) groups is 1. The van der Waals surface area contributed by atoms with E-state index in [1.807, 2.05) is 66.7 Å². The van der Waals surface area contributed by atoms with Gasteiger partial charge in [0, 0.05) is 11.3 Å². The van der Waals surface area contributed by atoms with Crippen molar-refractivity contribution < 1.29 is 22.6 Å². The average Bonchev–Trinajstić information content (AvgIpc) is 3.25. The lowest BCUT2D eigenvalue weighted by molar-refractivity contribution is -0.129. The number of alkyl halides is 3. The van der Waals surface area contributed by atoms with E-state index < -0.39 is 12.6 Å². The first-order chi connectivity index (χ1) is 16.5. The maximum atomic E-state index is 12.7. The van der Waals surface area contributed by atoms with Gasteiger partial charge in [0.05, 0.1) is 19.2 Å². The first kappa shape index (κ1) is 23.7. The lowest BCUT2D eigenvalue weighted by atomic mass is 10.1. The molecule has 0 radical (unpaired) electrons. The molecule has 4 aromatic rings. The summed E-state index contributed by atoms with van der Waals surface area (Å²) >= 11 is 0.989. The predicted octanol–water partition coefficient (Wildman–Crippen LogP) is 6.57. The van der Waals surface area contributed by atoms with Crippen LogP contribution in [0.1, 0.15) is 12.2 Å². The second kappa shape index (κ2) is 10.6. The molecule has 5 nitrogen and oxygen atoms in total. The van der Waals surface area contributed by atoms with E-state index in [9.17, 15) is 13.2 Å². The molecule has 0 saturated carbocycles. The maximum absolute atomic E-state index is 12.7. The van der Waals surface area contributed by atoms with E-state index in [2.05, 4.69) is 10.2 Å². The Bertz CT molecular complexity index is 1230. The summed E-state index contributed by atoms with van der Waals surface area (Å²) in [5.74, 6) is 1.48. The van der Waals surface area contributed by atoms with Crippen LogP contribution in [-0.4, -0.2) is 33.8 Å². The Morgan fingerprint density at radius 3 is 2.26 bits per heavy atom. The Labute approximate surface area is 199 Å². The minimum atomic E-state index is -4.24. The Kier molecular flexibility index (Phi) is 7.42. The van der Waals surface area contributed by atoms with Crippen molar-refractivity contribution in [3.63, 3.8) is 0 Å². The number of halogens is 3. The molecule has 1 aromatic heterocycles. The molecule has 176 valence electrons. The zero-order chi connectivity index (χ0) is 24.0. The van der Waals surface area contributed by atoms with E-state index in [1.165, 1.54) is 7.11 Å². The molecule has 0 aliphatic rings. The van der Waals surface area contributed by atoms with Crippen molar-refractivity contribution in [2.24, 2.45) is 0 Å². The minimum Gasteiger partial charge on any atom is -0.495 e. The molecule has 9 heteroatoms. The van der Waals surface area contributed by atoms with Crippen LogP contribution >= 0.6 is 11.8 Å². The van der Waals surface area contributed by atoms with Crippen LogP contribution in [0.15, 0.2) is 84.0 Å². The van der Waals surface area contributed by atoms with Crippen LogP contribution in [0.3, 0.4) is 0 Å². The monoisotopic (exact) mass is 485 g/mol. The van der Waals surface area contributed by atoms with Gasteiger partial charge in [-0.25, -0.2) is 0 Å². The molecular weight excluding hydrogens is 463 g/mol. The summed E-state index contributed by atoms with van der Waals surface area (Å²) in [5.41, 5.74) is 2.55. The predicted molar refractivity (Wildman–Crippen MR) is 126 cm³/mol. The van der Waals surface area contributed by atoms with Crippen molar-refractivity contribution in [1.82, 2.24) is 14.8 Å². The molecule has 0 aliphatic heterocycles. The molecule has 0 unspecified atom stereocenters. The van der Waals surface area contributed by atoms with Gasteiger partial charge >= 0.3 is 6.18 Å². The molecule has 0 spiro atoms. The summed E-state index contributed by atoms with van der Waals surface area (Å²) in [6, 6.07) is 24.7. The van der Waals surface area contributed by atoms with E-state index in [0.29, 0.717) is 28.2 Å². The van der Waals surface area contributed by atoms with Crippen LogP contribution in [0, 0.1) is 0 Å². The van der Waals surface area contributed by atoms with Crippen molar-refractivity contribution in [2.75, 3.05) is 12.9 Å². The van der Waals surface area contributed by atoms with Crippen molar-refractivity contribution >= 4 is 11.8 Å². The summed E-state index contributed by atoms with van der Waals surface area (Å²) in [5, 5.41) is 8.72. The number of rotatable bonds is 9. The number of hydrogen-bond donors (Lipinski definition) is 0. The Morgan fingerprint density at radius 1 is 0.853 bits per heavy atom. The molecule has 0 aliphatic carbocycles. The summed E-state index contributed by atoms with van der Waals surface area (Å²) < 4.78 is 51.4. The number of nitrogens with zero attached hydrogens (tertiary/aromatic N) is 3. The molecule has 0 atom stereocenters. The molecule has 0 amide bonds. The van der Waals surface area contributed by atoms with Gasteiger partial charge in [-0.3, -0.25) is 4.57 Å². The second-order valence-corrected chi connectivity index (χ2v) is 8.33. The molecule has 4 rings (SSSR count). The topological polar surface area (TPSA) is 49.2 Å². The maximum Gasteiger partial charge on any atom is 0.389 e. The van der Waals surface area contributed by atoms with E-state index in [4.69, 9.17) is 9.47 Å². The highest BCUT2D eigenvalue weighted by Gasteiger charge is 2.27. The van der Waals surface area contributed by atoms with E-state index >= 15 is 0 Å². The van der Waals surface area contributed by atoms with E-state index in [-0.39, 0.29) is 12.4 Å². The molecule has 0 bridgehead atoms. The van der Waals surface area contributed by atoms with Gasteiger partial charge in [-0.2, -0.15) is 13.2 Å². The SMILES string of the molecule is COc1ccccc1-n1c(COc2ccccc2-c2ccccc2)nnc1SCCC(F)(F)F. The van der Waals surface area contributed by atoms with Crippen LogP contribution < -0.4 is 9.47 Å². The second-order valence-electron chi connectivity index (χ2n) is 7.27. The fraction of sp³-hybridized carbons (Fsp3) is 0.200. The van der Waals surface area contributed by atoms with Gasteiger partial charge in [0.15, 0.2) is 11.0 Å². The smallest absolute Gasteiger partial charge is 0.389 e. The summed E-state index contributed by atoms with van der Waals surface area (Å²) in [4.78, 5) is 0. The van der Waals surface area contributed by atoms with Crippen molar-refractivity contribution in [3.05, 3.63) is 84.7 Å². The Hall–Kier alpha value is -3.46. The number of methoxy groups -OCH3 is 1. The minimum absolute atomic E-state index is 0.0642. The summed E-state index contributed by atoms with van der Waals surface area (Å²) in [7, 11) is 1.53. The highest BCUT2D eigenvalue weighted by atomic mass is 32.2. The summed E-state index contributed by atoms with van der Waals surface area (Å²) in [6.45, 7) is 0.0642. The van der Waals surface area contributed by atoms with Crippen LogP contribution in [0.4, 0.5) is 13.2 Å². The van der Waals surface area contributed by atoms with Crippen LogP contribution in [-0.2, 0) is 6.61 Å². The molecule has 0 fully saturated rings. The third-order valence-electron chi connectivity index (χ3n) is 4.97. The van der Waals surface area contributed by atoms with Gasteiger partial charge in [0.2, 0.25) is 0 Å². The fourth-order valence-corrected chi connectivity index (χ4v) is 4.34. The van der Waals surface area contributed by atoms with Crippen LogP contribution in [0.25, 0.3) is 16.8 Å². The zero-order valence-electron chi connectivity index (χ0n) is 18.3. The van der Waals surface area contributed by atoms with Crippen molar-refractivity contribution in [1.29, 1.82) is 0 Å². The highest BCUT2D eigenvalue weighted by molar-refractivity contribution is 7.99. The van der Waals surface area contributed by atoms with Crippen molar-refractivity contribution in [3.8, 4) is 28.3 Å². The van der Waals surface area contributed by atoms with Crippen LogP contribution in [0.5, 0.6) is 11.5 Å². The Morgan fingerprint density at radius 2 is 1.53 bits per heavy atom. The first-order valence-electron chi connectivity index (χ1n) is 10.5. The number of aromatic nitrogens is 3. The Balaban J connectivity index is 1.64. The summed E-state index contributed by atoms with van der Waals surface area (Å²) in [6.07, 6.45) is -5.16. The molecule has 0 saturated heterocycles. The molecular formula is C25H22F3N3O2S. The largest absolute Gasteiger partial charge is 0.495 e. The van der Waals surface area contributed by atoms with E-state index in [1.54, 1.807) is 16.7 Å². The average molecular weight is 486 g/mol. The molecule has 3 aromatic carbocycles. The third kappa shape index (κ3) is 5.72. The van der Waals surface area contributed by atoms with E-state index in [0.717, 1.165) is 22.9 Å². The lowest BCUT2D eigenvalue weighted by Gasteiger charge is -2.15. The van der Waals surface area contributed by atoms with Gasteiger partial charge in [-0.05, 0) is 23.8 Å². The fourth-order valence-electron chi connectivity index (χ4n) is 3.39. The number of para-hydroxylation sites is 3. The third-order valence-corrected chi connectivity index (χ3v) is 5.90. The molecule has 1 heterocycles. The zero-order valence-corrected chi connectivity index (χ0v) is 19.1. The standard InChI is InChI=1S/C25H22F3N3O2S/c1-32-22-14-8-6-12-20(22)31-23(29-30-24(31)34-16-15-25(26,27)28)17-33-21-13-7-5-11-19(21)18-9-3-2-4-10-18/h2-14H,15-17H2,1H3. The molecule has 34 heavy (non-hydrogen) atoms. The number of hydrogen-bond acceptors (Lipinski definition) is 5. The van der Waals surface area contributed by atoms with Gasteiger partial charge in [-0.1, -0.05) is 72.4 Å². The lowest BCUT2D eigenvalue weighted by Crippen LogP contribution is -2.10. The quantitative estimate of drug-likeness (QED) is 0.251. The highest BCUT2D eigenvalue weighted by Crippen LogP contribution is 2.33. The van der Waals surface area contributed by atoms with Crippen LogP contribution in [0.2, 0.25) is 0 Å². The van der Waals surface area contributed by atoms with Gasteiger partial charge in [0.1, 0.15) is 18.1 Å². The molecule has 0 N–H and O–H groups in total. The van der Waals surface area contributed by atoms with Gasteiger partial charge in [0.25, 0.3) is 0 Å². The first-order valence-corrected chi connectivity index (χ1v) is 11.5.